The van der Waals surface area contributed by atoms with Gasteiger partial charge in [-0.2, -0.15) is 0 Å². The number of rotatable bonds is 5. The third-order valence-corrected chi connectivity index (χ3v) is 8.29. The number of hydrogen-bond donors (Lipinski definition) is 1. The molecule has 0 aliphatic rings. The van der Waals surface area contributed by atoms with Crippen LogP contribution in [-0.4, -0.2) is 19.4 Å². The van der Waals surface area contributed by atoms with E-state index >= 15 is 0 Å². The molecule has 0 atom stereocenters. The standard InChI is InChI=1S/C36H33N5/c1-22(2)25-18-20-31(40-34(25)37-24-13-7-6-8-14-24)36(4,5)30-21-19-29-33(39-30)26-15-11-12-23(3)32(26)35-38-27-16-9-10-17-28(27)41(29)35/h6-22H,1-5H3,(H,37,40). The Morgan fingerprint density at radius 3 is 2.24 bits per heavy atom. The summed E-state index contributed by atoms with van der Waals surface area (Å²) in [5.74, 6) is 1.23. The third-order valence-electron chi connectivity index (χ3n) is 8.29. The Hall–Kier alpha value is -4.77. The molecule has 0 spiro atoms. The van der Waals surface area contributed by atoms with Crippen molar-refractivity contribution in [2.45, 2.75) is 46.0 Å². The molecule has 0 aliphatic carbocycles. The van der Waals surface area contributed by atoms with Crippen molar-refractivity contribution in [1.29, 1.82) is 0 Å². The number of hydrogen-bond acceptors (Lipinski definition) is 4. The first-order chi connectivity index (χ1) is 19.8. The predicted octanol–water partition coefficient (Wildman–Crippen LogP) is 9.09. The molecule has 0 unspecified atom stereocenters. The summed E-state index contributed by atoms with van der Waals surface area (Å²) in [5.41, 5.74) is 10.0. The minimum absolute atomic E-state index is 0.340. The molecule has 0 aliphatic heterocycles. The van der Waals surface area contributed by atoms with Crippen LogP contribution in [0.2, 0.25) is 0 Å². The lowest BCUT2D eigenvalue weighted by Gasteiger charge is -2.26. The number of nitrogens with one attached hydrogen (secondary N) is 1. The summed E-state index contributed by atoms with van der Waals surface area (Å²) in [6.45, 7) is 11.0. The van der Waals surface area contributed by atoms with Gasteiger partial charge in [0.25, 0.3) is 0 Å². The Morgan fingerprint density at radius 1 is 0.707 bits per heavy atom. The molecule has 0 fully saturated rings. The van der Waals surface area contributed by atoms with Gasteiger partial charge in [-0.25, -0.2) is 15.0 Å². The Morgan fingerprint density at radius 2 is 1.44 bits per heavy atom. The normalized spacial score (nSPS) is 12.2. The van der Waals surface area contributed by atoms with Crippen molar-refractivity contribution < 1.29 is 0 Å². The van der Waals surface area contributed by atoms with Gasteiger partial charge in [-0.3, -0.25) is 4.40 Å². The van der Waals surface area contributed by atoms with E-state index < -0.39 is 5.41 Å². The molecule has 0 bridgehead atoms. The van der Waals surface area contributed by atoms with Crippen LogP contribution in [0.1, 0.15) is 56.1 Å². The van der Waals surface area contributed by atoms with Crippen LogP contribution < -0.4 is 5.32 Å². The molecule has 4 aromatic heterocycles. The molecular weight excluding hydrogens is 502 g/mol. The first-order valence-corrected chi connectivity index (χ1v) is 14.3. The van der Waals surface area contributed by atoms with Crippen molar-refractivity contribution in [3.8, 4) is 0 Å². The Bertz CT molecular complexity index is 2090. The quantitative estimate of drug-likeness (QED) is 0.223. The van der Waals surface area contributed by atoms with Crippen LogP contribution in [0.3, 0.4) is 0 Å². The minimum Gasteiger partial charge on any atom is -0.340 e. The van der Waals surface area contributed by atoms with E-state index in [1.54, 1.807) is 0 Å². The van der Waals surface area contributed by atoms with Crippen LogP contribution in [0.25, 0.3) is 38.5 Å². The summed E-state index contributed by atoms with van der Waals surface area (Å²) in [7, 11) is 0. The summed E-state index contributed by atoms with van der Waals surface area (Å²) >= 11 is 0. The highest BCUT2D eigenvalue weighted by atomic mass is 15.0. The van der Waals surface area contributed by atoms with Crippen molar-refractivity contribution in [2.24, 2.45) is 0 Å². The summed E-state index contributed by atoms with van der Waals surface area (Å²) in [6.07, 6.45) is 0. The summed E-state index contributed by atoms with van der Waals surface area (Å²) in [5, 5.41) is 5.84. The molecule has 1 N–H and O–H groups in total. The fourth-order valence-corrected chi connectivity index (χ4v) is 5.95. The average Bonchev–Trinajstić information content (AvgIpc) is 3.37. The number of aromatic nitrogens is 4. The molecule has 0 saturated carbocycles. The second-order valence-corrected chi connectivity index (χ2v) is 11.7. The van der Waals surface area contributed by atoms with Crippen molar-refractivity contribution in [2.75, 3.05) is 5.32 Å². The van der Waals surface area contributed by atoms with Gasteiger partial charge in [-0.15, -0.1) is 0 Å². The number of aryl methyl sites for hydroxylation is 1. The summed E-state index contributed by atoms with van der Waals surface area (Å²) in [6, 6.07) is 33.7. The van der Waals surface area contributed by atoms with Crippen LogP contribution in [0.15, 0.2) is 97.1 Å². The zero-order valence-corrected chi connectivity index (χ0v) is 24.1. The lowest BCUT2D eigenvalue weighted by atomic mass is 9.84. The fraction of sp³-hybridized carbons (Fsp3) is 0.194. The molecule has 5 nitrogen and oxygen atoms in total. The second-order valence-electron chi connectivity index (χ2n) is 11.7. The molecule has 3 aromatic carbocycles. The fourth-order valence-electron chi connectivity index (χ4n) is 5.95. The molecule has 202 valence electrons. The molecule has 5 heteroatoms. The van der Waals surface area contributed by atoms with E-state index in [9.17, 15) is 0 Å². The van der Waals surface area contributed by atoms with Gasteiger partial charge in [-0.05, 0) is 80.3 Å². The maximum absolute atomic E-state index is 5.39. The van der Waals surface area contributed by atoms with Crippen LogP contribution in [0.5, 0.6) is 0 Å². The molecule has 7 aromatic rings. The molecule has 0 saturated heterocycles. The van der Waals surface area contributed by atoms with E-state index in [0.29, 0.717) is 5.92 Å². The molecule has 41 heavy (non-hydrogen) atoms. The molecule has 7 rings (SSSR count). The number of nitrogens with zero attached hydrogens (tertiary/aromatic N) is 4. The summed E-state index contributed by atoms with van der Waals surface area (Å²) in [4.78, 5) is 15.7. The largest absolute Gasteiger partial charge is 0.340 e. The highest BCUT2D eigenvalue weighted by Crippen LogP contribution is 2.37. The van der Waals surface area contributed by atoms with Crippen molar-refractivity contribution in [1.82, 2.24) is 19.4 Å². The van der Waals surface area contributed by atoms with Crippen molar-refractivity contribution in [3.05, 3.63) is 120 Å². The van der Waals surface area contributed by atoms with Crippen molar-refractivity contribution in [3.63, 3.8) is 0 Å². The van der Waals surface area contributed by atoms with Gasteiger partial charge >= 0.3 is 0 Å². The minimum atomic E-state index is -0.432. The number of benzene rings is 3. The second kappa shape index (κ2) is 9.41. The average molecular weight is 536 g/mol. The molecule has 4 heterocycles. The van der Waals surface area contributed by atoms with Crippen LogP contribution >= 0.6 is 0 Å². The van der Waals surface area contributed by atoms with Gasteiger partial charge in [0.15, 0.2) is 0 Å². The zero-order valence-electron chi connectivity index (χ0n) is 24.1. The monoisotopic (exact) mass is 535 g/mol. The van der Waals surface area contributed by atoms with E-state index in [1.807, 2.05) is 24.3 Å². The van der Waals surface area contributed by atoms with E-state index in [2.05, 4.69) is 117 Å². The first-order valence-electron chi connectivity index (χ1n) is 14.3. The maximum atomic E-state index is 5.39. The zero-order chi connectivity index (χ0) is 28.3. The highest BCUT2D eigenvalue weighted by Gasteiger charge is 2.29. The van der Waals surface area contributed by atoms with Gasteiger partial charge < -0.3 is 5.32 Å². The van der Waals surface area contributed by atoms with E-state index in [4.69, 9.17) is 15.0 Å². The maximum Gasteiger partial charge on any atom is 0.146 e. The number of para-hydroxylation sites is 3. The van der Waals surface area contributed by atoms with Gasteiger partial charge in [0, 0.05) is 21.9 Å². The Balaban J connectivity index is 1.44. The van der Waals surface area contributed by atoms with Crippen LogP contribution in [-0.2, 0) is 5.41 Å². The lowest BCUT2D eigenvalue weighted by Crippen LogP contribution is -2.23. The van der Waals surface area contributed by atoms with Gasteiger partial charge in [0.05, 0.1) is 33.5 Å². The Labute approximate surface area is 239 Å². The van der Waals surface area contributed by atoms with E-state index in [-0.39, 0.29) is 0 Å². The first kappa shape index (κ1) is 25.2. The lowest BCUT2D eigenvalue weighted by molar-refractivity contribution is 0.597. The van der Waals surface area contributed by atoms with E-state index in [0.717, 1.165) is 61.4 Å². The number of imidazole rings is 1. The number of anilines is 2. The van der Waals surface area contributed by atoms with E-state index in [1.165, 1.54) is 11.1 Å². The van der Waals surface area contributed by atoms with Crippen LogP contribution in [0, 0.1) is 6.92 Å². The SMILES string of the molecule is Cc1cccc2c3nc(C(C)(C)c4ccc(C(C)C)c(Nc5ccccc5)n4)ccc3n3c4ccccc4nc3c12. The number of fused-ring (bicyclic) bond motifs is 8. The smallest absolute Gasteiger partial charge is 0.146 e. The third kappa shape index (κ3) is 4.03. The topological polar surface area (TPSA) is 55.1 Å². The van der Waals surface area contributed by atoms with Crippen molar-refractivity contribution >= 4 is 50.0 Å². The summed E-state index contributed by atoms with van der Waals surface area (Å²) < 4.78 is 2.27. The van der Waals surface area contributed by atoms with Gasteiger partial charge in [0.1, 0.15) is 11.5 Å². The Kier molecular flexibility index (Phi) is 5.79. The van der Waals surface area contributed by atoms with Gasteiger partial charge in [-0.1, -0.05) is 68.4 Å². The predicted molar refractivity (Wildman–Crippen MR) is 170 cm³/mol. The highest BCUT2D eigenvalue weighted by molar-refractivity contribution is 6.13. The van der Waals surface area contributed by atoms with Gasteiger partial charge in [0.2, 0.25) is 0 Å². The molecular formula is C36H33N5. The molecule has 0 amide bonds. The number of pyridine rings is 3. The molecule has 0 radical (unpaired) electrons. The van der Waals surface area contributed by atoms with Crippen LogP contribution in [0.4, 0.5) is 11.5 Å².